The molecule has 1 heterocycles. The molecule has 1 aliphatic heterocycles. The maximum absolute atomic E-state index is 12.8. The molecular weight excluding hydrogens is 386 g/mol. The molecule has 160 valence electrons. The van der Waals surface area contributed by atoms with Gasteiger partial charge in [-0.15, -0.1) is 0 Å². The van der Waals surface area contributed by atoms with Crippen molar-refractivity contribution in [3.63, 3.8) is 0 Å². The molecule has 1 N–H and O–H groups in total. The average molecular weight is 411 g/mol. The van der Waals surface area contributed by atoms with E-state index in [1.165, 1.54) is 0 Å². The van der Waals surface area contributed by atoms with E-state index in [0.29, 0.717) is 31.2 Å². The van der Waals surface area contributed by atoms with E-state index in [2.05, 4.69) is 4.74 Å². The smallest absolute Gasteiger partial charge is 0.330 e. The molecule has 1 aliphatic rings. The zero-order chi connectivity index (χ0) is 20.6. The number of alkyl halides is 4. The van der Waals surface area contributed by atoms with E-state index < -0.39 is 31.7 Å². The summed E-state index contributed by atoms with van der Waals surface area (Å²) >= 11 is 0. The molecule has 2 atom stereocenters. The van der Waals surface area contributed by atoms with Crippen LogP contribution in [0.15, 0.2) is 24.3 Å². The predicted molar refractivity (Wildman–Crippen MR) is 92.4 cm³/mol. The summed E-state index contributed by atoms with van der Waals surface area (Å²) in [6.45, 7) is -0.0626. The summed E-state index contributed by atoms with van der Waals surface area (Å²) in [5.74, 6) is -3.04. The number of aliphatic hydroxyl groups is 1. The van der Waals surface area contributed by atoms with Crippen LogP contribution in [-0.4, -0.2) is 87.7 Å². The first-order chi connectivity index (χ1) is 13.3. The SMILES string of the molecule is COc1ccccc1OC[C@H]1CN(C[C@H](O)COCC(F)(F)C(F)F)CCO1. The molecule has 1 aromatic rings. The first-order valence-corrected chi connectivity index (χ1v) is 8.83. The van der Waals surface area contributed by atoms with E-state index in [0.717, 1.165) is 0 Å². The molecule has 28 heavy (non-hydrogen) atoms. The molecule has 1 fully saturated rings. The topological polar surface area (TPSA) is 60.4 Å². The fourth-order valence-corrected chi connectivity index (χ4v) is 2.71. The first kappa shape index (κ1) is 22.7. The molecule has 6 nitrogen and oxygen atoms in total. The van der Waals surface area contributed by atoms with Crippen LogP contribution in [0.5, 0.6) is 11.5 Å². The fourth-order valence-electron chi connectivity index (χ4n) is 2.71. The van der Waals surface area contributed by atoms with Crippen LogP contribution in [0.3, 0.4) is 0 Å². The lowest BCUT2D eigenvalue weighted by Crippen LogP contribution is -2.48. The van der Waals surface area contributed by atoms with Gasteiger partial charge in [0.15, 0.2) is 11.5 Å². The van der Waals surface area contributed by atoms with Crippen LogP contribution in [0.4, 0.5) is 17.6 Å². The number of hydrogen-bond donors (Lipinski definition) is 1. The van der Waals surface area contributed by atoms with E-state index in [-0.39, 0.29) is 19.3 Å². The van der Waals surface area contributed by atoms with Crippen molar-refractivity contribution in [1.29, 1.82) is 0 Å². The molecule has 0 radical (unpaired) electrons. The van der Waals surface area contributed by atoms with Gasteiger partial charge in [0.1, 0.15) is 19.3 Å². The van der Waals surface area contributed by atoms with Crippen molar-refractivity contribution in [2.45, 2.75) is 24.6 Å². The van der Waals surface area contributed by atoms with Crippen molar-refractivity contribution < 1.29 is 41.6 Å². The Morgan fingerprint density at radius 3 is 2.68 bits per heavy atom. The third kappa shape index (κ3) is 7.08. The number of hydrogen-bond acceptors (Lipinski definition) is 6. The lowest BCUT2D eigenvalue weighted by Gasteiger charge is -2.34. The van der Waals surface area contributed by atoms with Crippen molar-refractivity contribution in [2.75, 3.05) is 53.2 Å². The number of benzene rings is 1. The second kappa shape index (κ2) is 10.8. The van der Waals surface area contributed by atoms with E-state index in [9.17, 15) is 22.7 Å². The number of ether oxygens (including phenoxy) is 4. The van der Waals surface area contributed by atoms with Gasteiger partial charge in [-0.1, -0.05) is 12.1 Å². The van der Waals surface area contributed by atoms with Crippen LogP contribution in [0.25, 0.3) is 0 Å². The van der Waals surface area contributed by atoms with Gasteiger partial charge in [-0.25, -0.2) is 8.78 Å². The average Bonchev–Trinajstić information content (AvgIpc) is 2.66. The Morgan fingerprint density at radius 1 is 1.29 bits per heavy atom. The molecule has 0 bridgehead atoms. The Morgan fingerprint density at radius 2 is 2.00 bits per heavy atom. The zero-order valence-electron chi connectivity index (χ0n) is 15.5. The molecule has 0 amide bonds. The highest BCUT2D eigenvalue weighted by molar-refractivity contribution is 5.39. The number of methoxy groups -OCH3 is 1. The van der Waals surface area contributed by atoms with Crippen LogP contribution in [0.1, 0.15) is 0 Å². The molecule has 0 aromatic heterocycles. The molecule has 1 saturated heterocycles. The Bertz CT molecular complexity index is 593. The maximum Gasteiger partial charge on any atom is 0.330 e. The van der Waals surface area contributed by atoms with E-state index in [4.69, 9.17) is 14.2 Å². The Kier molecular flexibility index (Phi) is 8.74. The van der Waals surface area contributed by atoms with E-state index >= 15 is 0 Å². The summed E-state index contributed by atoms with van der Waals surface area (Å²) in [5, 5.41) is 9.91. The van der Waals surface area contributed by atoms with Gasteiger partial charge < -0.3 is 24.1 Å². The lowest BCUT2D eigenvalue weighted by molar-refractivity contribution is -0.171. The molecule has 0 aliphatic carbocycles. The molecule has 2 rings (SSSR count). The van der Waals surface area contributed by atoms with E-state index in [1.807, 2.05) is 17.0 Å². The highest BCUT2D eigenvalue weighted by atomic mass is 19.3. The number of para-hydroxylation sites is 2. The summed E-state index contributed by atoms with van der Waals surface area (Å²) in [5.41, 5.74) is 0. The maximum atomic E-state index is 12.8. The van der Waals surface area contributed by atoms with Crippen LogP contribution >= 0.6 is 0 Å². The molecule has 10 heteroatoms. The summed E-state index contributed by atoms with van der Waals surface area (Å²) in [4.78, 5) is 1.87. The van der Waals surface area contributed by atoms with Crippen molar-refractivity contribution in [3.8, 4) is 11.5 Å². The van der Waals surface area contributed by atoms with Crippen LogP contribution in [0.2, 0.25) is 0 Å². The summed E-state index contributed by atoms with van der Waals surface area (Å²) < 4.78 is 70.8. The molecule has 0 spiro atoms. The molecular formula is C18H25F4NO5. The van der Waals surface area contributed by atoms with Gasteiger partial charge in [0, 0.05) is 19.6 Å². The molecule has 1 aromatic carbocycles. The summed E-state index contributed by atoms with van der Waals surface area (Å²) in [6, 6.07) is 7.19. The monoisotopic (exact) mass is 411 g/mol. The van der Waals surface area contributed by atoms with Crippen molar-refractivity contribution in [2.24, 2.45) is 0 Å². The minimum atomic E-state index is -4.22. The lowest BCUT2D eigenvalue weighted by atomic mass is 10.2. The predicted octanol–water partition coefficient (Wildman–Crippen LogP) is 2.05. The highest BCUT2D eigenvalue weighted by Gasteiger charge is 2.41. The number of aliphatic hydroxyl groups excluding tert-OH is 1. The van der Waals surface area contributed by atoms with Gasteiger partial charge in [0.2, 0.25) is 0 Å². The van der Waals surface area contributed by atoms with Crippen molar-refractivity contribution in [3.05, 3.63) is 24.3 Å². The minimum Gasteiger partial charge on any atom is -0.493 e. The summed E-state index contributed by atoms with van der Waals surface area (Å²) in [6.07, 6.45) is -5.13. The van der Waals surface area contributed by atoms with Gasteiger partial charge in [0.05, 0.1) is 26.4 Å². The fraction of sp³-hybridized carbons (Fsp3) is 0.667. The third-order valence-electron chi connectivity index (χ3n) is 4.11. The van der Waals surface area contributed by atoms with Crippen LogP contribution in [0, 0.1) is 0 Å². The highest BCUT2D eigenvalue weighted by Crippen LogP contribution is 2.26. The minimum absolute atomic E-state index is 0.148. The number of nitrogens with zero attached hydrogens (tertiary/aromatic N) is 1. The second-order valence-corrected chi connectivity index (χ2v) is 6.44. The number of morpholine rings is 1. The largest absolute Gasteiger partial charge is 0.493 e. The summed E-state index contributed by atoms with van der Waals surface area (Å²) in [7, 11) is 1.54. The quantitative estimate of drug-likeness (QED) is 0.563. The zero-order valence-corrected chi connectivity index (χ0v) is 15.5. The van der Waals surface area contributed by atoms with Crippen molar-refractivity contribution in [1.82, 2.24) is 4.90 Å². The number of β-amino-alcohol motifs (C(OH)–C–C–N with tert-alkyl or cyclic N) is 1. The Labute approximate surface area is 160 Å². The Balaban J connectivity index is 1.72. The van der Waals surface area contributed by atoms with Gasteiger partial charge in [0.25, 0.3) is 0 Å². The van der Waals surface area contributed by atoms with Gasteiger partial charge in [-0.3, -0.25) is 4.90 Å². The normalized spacial score (nSPS) is 19.6. The van der Waals surface area contributed by atoms with Gasteiger partial charge in [-0.2, -0.15) is 8.78 Å². The van der Waals surface area contributed by atoms with Crippen molar-refractivity contribution >= 4 is 0 Å². The van der Waals surface area contributed by atoms with Gasteiger partial charge >= 0.3 is 12.3 Å². The van der Waals surface area contributed by atoms with Crippen LogP contribution < -0.4 is 9.47 Å². The third-order valence-corrected chi connectivity index (χ3v) is 4.11. The second-order valence-electron chi connectivity index (χ2n) is 6.44. The standard InChI is InChI=1S/C18H25F4NO5/c1-25-15-4-2-3-5-16(15)28-11-14-9-23(6-7-27-14)8-13(24)10-26-12-18(21,22)17(19)20/h2-5,13-14,17,24H,6-12H2,1H3/t13-,14+/m0/s1. The van der Waals surface area contributed by atoms with E-state index in [1.54, 1.807) is 19.2 Å². The number of rotatable bonds is 11. The Hall–Kier alpha value is -1.62. The molecule has 0 unspecified atom stereocenters. The first-order valence-electron chi connectivity index (χ1n) is 8.83. The molecule has 0 saturated carbocycles. The van der Waals surface area contributed by atoms with Crippen LogP contribution in [-0.2, 0) is 9.47 Å². The number of halogens is 4. The van der Waals surface area contributed by atoms with Gasteiger partial charge in [-0.05, 0) is 12.1 Å².